The molecule has 128 valence electrons. The molecule has 2 unspecified atom stereocenters. The maximum atomic E-state index is 12.5. The van der Waals surface area contributed by atoms with Crippen molar-refractivity contribution in [2.75, 3.05) is 33.4 Å². The van der Waals surface area contributed by atoms with Gasteiger partial charge in [-0.15, -0.1) is 0 Å². The van der Waals surface area contributed by atoms with Gasteiger partial charge in [0.05, 0.1) is 25.4 Å². The van der Waals surface area contributed by atoms with E-state index < -0.39 is 0 Å². The summed E-state index contributed by atoms with van der Waals surface area (Å²) in [6.07, 6.45) is 0.878. The van der Waals surface area contributed by atoms with E-state index in [9.17, 15) is 4.79 Å². The van der Waals surface area contributed by atoms with Gasteiger partial charge in [-0.3, -0.25) is 0 Å². The number of rotatable bonds is 6. The minimum atomic E-state index is -0.0322. The van der Waals surface area contributed by atoms with Crippen LogP contribution >= 0.6 is 0 Å². The molecule has 2 amide bonds. The zero-order valence-electron chi connectivity index (χ0n) is 14.3. The summed E-state index contributed by atoms with van der Waals surface area (Å²) in [5, 5.41) is 3.10. The van der Waals surface area contributed by atoms with Crippen LogP contribution in [0, 0.1) is 5.92 Å². The Kier molecular flexibility index (Phi) is 6.86. The number of nitrogens with zero attached hydrogens (tertiary/aromatic N) is 1. The Morgan fingerprint density at radius 1 is 1.39 bits per heavy atom. The molecule has 0 radical (unpaired) electrons. The van der Waals surface area contributed by atoms with Crippen LogP contribution in [0.5, 0.6) is 0 Å². The molecule has 0 bridgehead atoms. The second kappa shape index (κ2) is 8.89. The van der Waals surface area contributed by atoms with Crippen molar-refractivity contribution in [1.82, 2.24) is 10.2 Å². The maximum Gasteiger partial charge on any atom is 0.317 e. The van der Waals surface area contributed by atoms with Gasteiger partial charge >= 0.3 is 6.03 Å². The molecule has 1 aromatic rings. The summed E-state index contributed by atoms with van der Waals surface area (Å²) < 4.78 is 11.0. The van der Waals surface area contributed by atoms with E-state index in [1.54, 1.807) is 7.11 Å². The molecule has 1 saturated heterocycles. The SMILES string of the molecule is COCC(Cc1ccccc1)NC(=O)N1CCOC(C(C)C)C1. The first-order chi connectivity index (χ1) is 11.1. The summed E-state index contributed by atoms with van der Waals surface area (Å²) in [4.78, 5) is 14.4. The molecule has 23 heavy (non-hydrogen) atoms. The van der Waals surface area contributed by atoms with Crippen molar-refractivity contribution in [3.8, 4) is 0 Å². The third-order valence-electron chi connectivity index (χ3n) is 4.14. The van der Waals surface area contributed by atoms with Crippen molar-refractivity contribution in [3.63, 3.8) is 0 Å². The second-order valence-electron chi connectivity index (χ2n) is 6.39. The molecule has 0 aliphatic carbocycles. The molecular formula is C18H28N2O3. The number of urea groups is 1. The maximum absolute atomic E-state index is 12.5. The van der Waals surface area contributed by atoms with Gasteiger partial charge in [-0.2, -0.15) is 0 Å². The van der Waals surface area contributed by atoms with E-state index in [1.165, 1.54) is 5.56 Å². The largest absolute Gasteiger partial charge is 0.383 e. The molecule has 1 fully saturated rings. The Hall–Kier alpha value is -1.59. The van der Waals surface area contributed by atoms with Gasteiger partial charge in [0.2, 0.25) is 0 Å². The van der Waals surface area contributed by atoms with Gasteiger partial charge < -0.3 is 19.7 Å². The van der Waals surface area contributed by atoms with Crippen LogP contribution in [0.25, 0.3) is 0 Å². The van der Waals surface area contributed by atoms with E-state index in [-0.39, 0.29) is 18.2 Å². The molecular weight excluding hydrogens is 292 g/mol. The third kappa shape index (κ3) is 5.52. The molecule has 5 heteroatoms. The van der Waals surface area contributed by atoms with Crippen LogP contribution in [0.1, 0.15) is 19.4 Å². The summed E-state index contributed by atoms with van der Waals surface area (Å²) in [7, 11) is 1.66. The van der Waals surface area contributed by atoms with Gasteiger partial charge in [0.25, 0.3) is 0 Å². The Balaban J connectivity index is 1.92. The fourth-order valence-electron chi connectivity index (χ4n) is 2.78. The van der Waals surface area contributed by atoms with E-state index in [0.717, 1.165) is 6.42 Å². The highest BCUT2D eigenvalue weighted by Crippen LogP contribution is 2.13. The summed E-state index contributed by atoms with van der Waals surface area (Å²) in [6, 6.07) is 10.1. The van der Waals surface area contributed by atoms with E-state index in [4.69, 9.17) is 9.47 Å². The third-order valence-corrected chi connectivity index (χ3v) is 4.14. The minimum Gasteiger partial charge on any atom is -0.383 e. The summed E-state index contributed by atoms with van der Waals surface area (Å²) >= 11 is 0. The number of methoxy groups -OCH3 is 1. The minimum absolute atomic E-state index is 0.0306. The molecule has 0 spiro atoms. The Morgan fingerprint density at radius 3 is 2.78 bits per heavy atom. The van der Waals surface area contributed by atoms with Crippen LogP contribution in [0.15, 0.2) is 30.3 Å². The van der Waals surface area contributed by atoms with Crippen LogP contribution in [-0.4, -0.2) is 56.5 Å². The van der Waals surface area contributed by atoms with Crippen LogP contribution in [0.2, 0.25) is 0 Å². The quantitative estimate of drug-likeness (QED) is 0.875. The number of carbonyl (C=O) groups excluding carboxylic acids is 1. The predicted octanol–water partition coefficient (Wildman–Crippen LogP) is 2.31. The lowest BCUT2D eigenvalue weighted by atomic mass is 10.1. The number of benzene rings is 1. The fraction of sp³-hybridized carbons (Fsp3) is 0.611. The highest BCUT2D eigenvalue weighted by atomic mass is 16.5. The van der Waals surface area contributed by atoms with E-state index in [2.05, 4.69) is 31.3 Å². The first kappa shape index (κ1) is 17.8. The summed E-state index contributed by atoms with van der Waals surface area (Å²) in [6.45, 7) is 6.63. The number of ether oxygens (including phenoxy) is 2. The molecule has 2 atom stereocenters. The number of nitrogens with one attached hydrogen (secondary N) is 1. The highest BCUT2D eigenvalue weighted by molar-refractivity contribution is 5.74. The summed E-state index contributed by atoms with van der Waals surface area (Å²) in [5.41, 5.74) is 1.19. The number of morpholine rings is 1. The molecule has 1 aliphatic rings. The smallest absolute Gasteiger partial charge is 0.317 e. The summed E-state index contributed by atoms with van der Waals surface area (Å²) in [5.74, 6) is 0.407. The van der Waals surface area contributed by atoms with Gasteiger partial charge in [0.15, 0.2) is 0 Å². The fourth-order valence-corrected chi connectivity index (χ4v) is 2.78. The lowest BCUT2D eigenvalue weighted by Gasteiger charge is -2.35. The first-order valence-corrected chi connectivity index (χ1v) is 8.30. The van der Waals surface area contributed by atoms with Gasteiger partial charge in [0, 0.05) is 20.2 Å². The molecule has 1 aliphatic heterocycles. The number of amides is 2. The van der Waals surface area contributed by atoms with Crippen molar-refractivity contribution in [1.29, 1.82) is 0 Å². The van der Waals surface area contributed by atoms with E-state index >= 15 is 0 Å². The lowest BCUT2D eigenvalue weighted by Crippen LogP contribution is -2.53. The predicted molar refractivity (Wildman–Crippen MR) is 90.5 cm³/mol. The Morgan fingerprint density at radius 2 is 2.13 bits per heavy atom. The topological polar surface area (TPSA) is 50.8 Å². The van der Waals surface area contributed by atoms with Crippen molar-refractivity contribution in [3.05, 3.63) is 35.9 Å². The normalized spacial score (nSPS) is 19.7. The monoisotopic (exact) mass is 320 g/mol. The van der Waals surface area contributed by atoms with Crippen LogP contribution in [0.4, 0.5) is 4.79 Å². The molecule has 0 aromatic heterocycles. The molecule has 1 N–H and O–H groups in total. The highest BCUT2D eigenvalue weighted by Gasteiger charge is 2.27. The zero-order chi connectivity index (χ0) is 16.7. The van der Waals surface area contributed by atoms with Crippen molar-refractivity contribution in [2.24, 2.45) is 5.92 Å². The van der Waals surface area contributed by atoms with Crippen molar-refractivity contribution >= 4 is 6.03 Å². The Labute approximate surface area is 139 Å². The standard InChI is InChI=1S/C18H28N2O3/c1-14(2)17-12-20(9-10-23-17)18(21)19-16(13-22-3)11-15-7-5-4-6-8-15/h4-8,14,16-17H,9-13H2,1-3H3,(H,19,21). The second-order valence-corrected chi connectivity index (χ2v) is 6.39. The molecule has 1 heterocycles. The lowest BCUT2D eigenvalue weighted by molar-refractivity contribution is -0.0375. The average Bonchev–Trinajstić information content (AvgIpc) is 2.56. The van der Waals surface area contributed by atoms with Gasteiger partial charge in [0.1, 0.15) is 0 Å². The molecule has 2 rings (SSSR count). The van der Waals surface area contributed by atoms with Gasteiger partial charge in [-0.1, -0.05) is 44.2 Å². The molecule has 5 nitrogen and oxygen atoms in total. The molecule has 1 aromatic carbocycles. The number of hydrogen-bond acceptors (Lipinski definition) is 3. The molecule has 0 saturated carbocycles. The zero-order valence-corrected chi connectivity index (χ0v) is 14.3. The van der Waals surface area contributed by atoms with E-state index in [0.29, 0.717) is 32.2 Å². The number of hydrogen-bond donors (Lipinski definition) is 1. The van der Waals surface area contributed by atoms with Crippen molar-refractivity contribution < 1.29 is 14.3 Å². The van der Waals surface area contributed by atoms with E-state index in [1.807, 2.05) is 23.1 Å². The van der Waals surface area contributed by atoms with Gasteiger partial charge in [-0.25, -0.2) is 4.79 Å². The average molecular weight is 320 g/mol. The van der Waals surface area contributed by atoms with Crippen LogP contribution in [0.3, 0.4) is 0 Å². The van der Waals surface area contributed by atoms with Gasteiger partial charge in [-0.05, 0) is 17.9 Å². The van der Waals surface area contributed by atoms with Crippen LogP contribution < -0.4 is 5.32 Å². The van der Waals surface area contributed by atoms with Crippen molar-refractivity contribution in [2.45, 2.75) is 32.4 Å². The first-order valence-electron chi connectivity index (χ1n) is 8.30. The number of carbonyl (C=O) groups is 1. The van der Waals surface area contributed by atoms with Crippen LogP contribution in [-0.2, 0) is 15.9 Å². The Bertz CT molecular complexity index is 478.